The van der Waals surface area contributed by atoms with Gasteiger partial charge in [0.25, 0.3) is 0 Å². The number of pyridine rings is 2. The van der Waals surface area contributed by atoms with E-state index in [1.807, 2.05) is 62.4 Å². The molecule has 0 saturated carbocycles. The van der Waals surface area contributed by atoms with Gasteiger partial charge in [0.2, 0.25) is 5.91 Å². The predicted octanol–water partition coefficient (Wildman–Crippen LogP) is 4.87. The van der Waals surface area contributed by atoms with E-state index in [2.05, 4.69) is 28.3 Å². The molecule has 5 rings (SSSR count). The number of nitriles is 1. The minimum Gasteiger partial charge on any atom is -0.489 e. The first-order valence-electron chi connectivity index (χ1n) is 14.2. The van der Waals surface area contributed by atoms with E-state index in [0.717, 1.165) is 48.4 Å². The van der Waals surface area contributed by atoms with Crippen LogP contribution >= 0.6 is 0 Å². The van der Waals surface area contributed by atoms with Crippen molar-refractivity contribution >= 4 is 17.2 Å². The molecule has 1 amide bonds. The van der Waals surface area contributed by atoms with Gasteiger partial charge in [-0.2, -0.15) is 10.4 Å². The molecule has 1 saturated heterocycles. The Morgan fingerprint density at radius 1 is 1.12 bits per heavy atom. The van der Waals surface area contributed by atoms with E-state index >= 15 is 0 Å². The highest BCUT2D eigenvalue weighted by molar-refractivity contribution is 5.88. The SMILES string of the molecule is CC(C)(O)COc1cc(-c2ccc(N3CCC(C)(NC(=O)C(C)(C)c4ccccc4)CC3)nc2)c2c(C#N)cnn2c1. The number of fused-ring (bicyclic) bond motifs is 1. The second-order valence-electron chi connectivity index (χ2n) is 12.6. The molecular formula is C33H38N6O3. The molecule has 3 aromatic heterocycles. The van der Waals surface area contributed by atoms with Crippen LogP contribution in [0.4, 0.5) is 5.82 Å². The maximum Gasteiger partial charge on any atom is 0.230 e. The molecule has 0 unspecified atom stereocenters. The topological polar surface area (TPSA) is 116 Å². The average Bonchev–Trinajstić information content (AvgIpc) is 3.39. The summed E-state index contributed by atoms with van der Waals surface area (Å²) in [5, 5.41) is 27.4. The number of anilines is 1. The van der Waals surface area contributed by atoms with Gasteiger partial charge in [0.1, 0.15) is 24.2 Å². The van der Waals surface area contributed by atoms with Crippen LogP contribution in [0, 0.1) is 11.3 Å². The number of carbonyl (C=O) groups excluding carboxylic acids is 1. The predicted molar refractivity (Wildman–Crippen MR) is 162 cm³/mol. The van der Waals surface area contributed by atoms with Crippen molar-refractivity contribution in [2.24, 2.45) is 0 Å². The van der Waals surface area contributed by atoms with Gasteiger partial charge in [-0.15, -0.1) is 0 Å². The molecule has 1 aliphatic heterocycles. The molecule has 0 aliphatic carbocycles. The second kappa shape index (κ2) is 11.1. The number of ether oxygens (including phenoxy) is 1. The maximum absolute atomic E-state index is 13.3. The molecule has 42 heavy (non-hydrogen) atoms. The number of nitrogens with one attached hydrogen (secondary N) is 1. The fourth-order valence-electron chi connectivity index (χ4n) is 5.24. The first-order valence-corrected chi connectivity index (χ1v) is 14.2. The van der Waals surface area contributed by atoms with Crippen molar-refractivity contribution in [1.82, 2.24) is 19.9 Å². The van der Waals surface area contributed by atoms with Gasteiger partial charge in [0, 0.05) is 36.0 Å². The van der Waals surface area contributed by atoms with Crippen molar-refractivity contribution < 1.29 is 14.6 Å². The lowest BCUT2D eigenvalue weighted by Gasteiger charge is -2.42. The quantitative estimate of drug-likeness (QED) is 0.313. The Balaban J connectivity index is 1.30. The van der Waals surface area contributed by atoms with Crippen LogP contribution in [-0.2, 0) is 10.2 Å². The minimum atomic E-state index is -0.994. The van der Waals surface area contributed by atoms with E-state index in [9.17, 15) is 15.2 Å². The van der Waals surface area contributed by atoms with Crippen LogP contribution in [0.15, 0.2) is 67.1 Å². The Morgan fingerprint density at radius 2 is 1.83 bits per heavy atom. The number of amides is 1. The fraction of sp³-hybridized carbons (Fsp3) is 0.394. The van der Waals surface area contributed by atoms with E-state index in [4.69, 9.17) is 9.72 Å². The Labute approximate surface area is 246 Å². The molecule has 4 heterocycles. The van der Waals surface area contributed by atoms with Gasteiger partial charge in [0.05, 0.1) is 34.5 Å². The van der Waals surface area contributed by atoms with Crippen molar-refractivity contribution in [2.45, 2.75) is 64.0 Å². The fourth-order valence-corrected chi connectivity index (χ4v) is 5.24. The summed E-state index contributed by atoms with van der Waals surface area (Å²) in [4.78, 5) is 20.3. The minimum absolute atomic E-state index is 0.0313. The van der Waals surface area contributed by atoms with Crippen LogP contribution in [0.25, 0.3) is 16.6 Å². The van der Waals surface area contributed by atoms with Gasteiger partial charge < -0.3 is 20.1 Å². The third-order valence-corrected chi connectivity index (χ3v) is 8.03. The molecule has 0 radical (unpaired) electrons. The molecule has 0 atom stereocenters. The lowest BCUT2D eigenvalue weighted by Crippen LogP contribution is -2.57. The molecule has 9 nitrogen and oxygen atoms in total. The number of nitrogens with zero attached hydrogens (tertiary/aromatic N) is 5. The van der Waals surface area contributed by atoms with Crippen LogP contribution < -0.4 is 15.0 Å². The summed E-state index contributed by atoms with van der Waals surface area (Å²) in [6.45, 7) is 11.1. The number of piperidine rings is 1. The number of rotatable bonds is 8. The highest BCUT2D eigenvalue weighted by Crippen LogP contribution is 2.33. The summed E-state index contributed by atoms with van der Waals surface area (Å²) in [5.74, 6) is 1.42. The number of aliphatic hydroxyl groups is 1. The van der Waals surface area contributed by atoms with E-state index in [-0.39, 0.29) is 18.1 Å². The Kier molecular flexibility index (Phi) is 7.69. The first kappa shape index (κ1) is 29.1. The zero-order valence-corrected chi connectivity index (χ0v) is 24.9. The zero-order valence-electron chi connectivity index (χ0n) is 24.9. The Hall–Kier alpha value is -4.42. The van der Waals surface area contributed by atoms with Gasteiger partial charge in [-0.05, 0) is 71.2 Å². The number of hydrogen-bond donors (Lipinski definition) is 2. The number of aromatic nitrogens is 3. The molecule has 1 aliphatic rings. The van der Waals surface area contributed by atoms with Crippen molar-refractivity contribution in [1.29, 1.82) is 5.26 Å². The standard InChI is InChI=1S/C33H38N6O3/c1-31(2,41)22-42-26-17-27(29-24(18-34)20-36-39(29)21-26)23-11-12-28(35-19-23)38-15-13-33(5,14-16-38)37-30(40)32(3,4)25-9-7-6-8-10-25/h6-12,17,19-21,41H,13-16,22H2,1-5H3,(H,37,40). The highest BCUT2D eigenvalue weighted by Gasteiger charge is 2.37. The molecule has 0 bridgehead atoms. The van der Waals surface area contributed by atoms with E-state index in [1.165, 1.54) is 6.20 Å². The van der Waals surface area contributed by atoms with E-state index in [0.29, 0.717) is 16.8 Å². The first-order chi connectivity index (χ1) is 19.9. The lowest BCUT2D eigenvalue weighted by atomic mass is 9.81. The third kappa shape index (κ3) is 6.09. The zero-order chi connectivity index (χ0) is 30.1. The van der Waals surface area contributed by atoms with Crippen molar-refractivity contribution in [3.63, 3.8) is 0 Å². The van der Waals surface area contributed by atoms with E-state index in [1.54, 1.807) is 30.8 Å². The molecule has 9 heteroatoms. The Morgan fingerprint density at radius 3 is 2.45 bits per heavy atom. The lowest BCUT2D eigenvalue weighted by molar-refractivity contribution is -0.127. The van der Waals surface area contributed by atoms with Crippen LogP contribution in [0.3, 0.4) is 0 Å². The molecule has 218 valence electrons. The second-order valence-corrected chi connectivity index (χ2v) is 12.6. The number of benzene rings is 1. The molecular weight excluding hydrogens is 528 g/mol. The summed E-state index contributed by atoms with van der Waals surface area (Å²) in [5.41, 5.74) is 1.80. The average molecular weight is 567 g/mol. The van der Waals surface area contributed by atoms with E-state index < -0.39 is 11.0 Å². The van der Waals surface area contributed by atoms with Crippen molar-refractivity contribution in [2.75, 3.05) is 24.6 Å². The number of carbonyl (C=O) groups is 1. The summed E-state index contributed by atoms with van der Waals surface area (Å²) in [6, 6.07) is 17.9. The van der Waals surface area contributed by atoms with Crippen LogP contribution in [0.1, 0.15) is 58.6 Å². The third-order valence-electron chi connectivity index (χ3n) is 8.03. The smallest absolute Gasteiger partial charge is 0.230 e. The molecule has 2 N–H and O–H groups in total. The van der Waals surface area contributed by atoms with Crippen LogP contribution in [0.2, 0.25) is 0 Å². The number of hydrogen-bond acceptors (Lipinski definition) is 7. The highest BCUT2D eigenvalue weighted by atomic mass is 16.5. The van der Waals surface area contributed by atoms with Gasteiger partial charge in [-0.3, -0.25) is 4.79 Å². The normalized spacial score (nSPS) is 15.3. The molecule has 1 aromatic carbocycles. The van der Waals surface area contributed by atoms with Gasteiger partial charge in [0.15, 0.2) is 0 Å². The summed E-state index contributed by atoms with van der Waals surface area (Å²) in [7, 11) is 0. The molecule has 1 fully saturated rings. The maximum atomic E-state index is 13.3. The van der Waals surface area contributed by atoms with Crippen LogP contribution in [0.5, 0.6) is 5.75 Å². The molecule has 4 aromatic rings. The van der Waals surface area contributed by atoms with Gasteiger partial charge >= 0.3 is 0 Å². The molecule has 0 spiro atoms. The monoisotopic (exact) mass is 566 g/mol. The van der Waals surface area contributed by atoms with Crippen molar-refractivity contribution in [3.8, 4) is 22.9 Å². The summed E-state index contributed by atoms with van der Waals surface area (Å²) in [6.07, 6.45) is 6.64. The largest absolute Gasteiger partial charge is 0.489 e. The summed E-state index contributed by atoms with van der Waals surface area (Å²) < 4.78 is 7.47. The van der Waals surface area contributed by atoms with Crippen molar-refractivity contribution in [3.05, 3.63) is 78.2 Å². The van der Waals surface area contributed by atoms with Gasteiger partial charge in [-0.25, -0.2) is 9.50 Å². The Bertz CT molecular complexity index is 1610. The summed E-state index contributed by atoms with van der Waals surface area (Å²) >= 11 is 0. The van der Waals surface area contributed by atoms with Gasteiger partial charge in [-0.1, -0.05) is 30.3 Å². The van der Waals surface area contributed by atoms with Crippen LogP contribution in [-0.4, -0.2) is 56.4 Å².